The number of anilines is 1. The fourth-order valence-electron chi connectivity index (χ4n) is 1.31. The summed E-state index contributed by atoms with van der Waals surface area (Å²) in [4.78, 5) is 4.06. The number of benzene rings is 1. The Bertz CT molecular complexity index is 485. The van der Waals surface area contributed by atoms with Gasteiger partial charge in [0.1, 0.15) is 5.82 Å². The topological polar surface area (TPSA) is 50.9 Å². The van der Waals surface area contributed by atoms with Gasteiger partial charge in [-0.25, -0.2) is 10.8 Å². The minimum atomic E-state index is 0.517. The molecule has 1 heterocycles. The number of aromatic nitrogens is 1. The van der Waals surface area contributed by atoms with Crippen LogP contribution in [-0.2, 0) is 0 Å². The summed E-state index contributed by atoms with van der Waals surface area (Å²) in [5.41, 5.74) is 2.50. The molecule has 0 atom stereocenters. The lowest BCUT2D eigenvalue weighted by Gasteiger charge is -2.06. The summed E-state index contributed by atoms with van der Waals surface area (Å²) in [6.45, 7) is 0. The van der Waals surface area contributed by atoms with Gasteiger partial charge in [-0.2, -0.15) is 0 Å². The van der Waals surface area contributed by atoms with E-state index in [2.05, 4.69) is 10.4 Å². The molecule has 0 unspecified atom stereocenters. The van der Waals surface area contributed by atoms with Crippen molar-refractivity contribution >= 4 is 39.8 Å². The van der Waals surface area contributed by atoms with Crippen molar-refractivity contribution in [2.45, 2.75) is 0 Å². The zero-order chi connectivity index (χ0) is 10.1. The quantitative estimate of drug-likeness (QED) is 0.582. The van der Waals surface area contributed by atoms with E-state index >= 15 is 0 Å². The van der Waals surface area contributed by atoms with E-state index < -0.39 is 0 Å². The van der Waals surface area contributed by atoms with Gasteiger partial charge >= 0.3 is 0 Å². The first kappa shape index (κ1) is 9.52. The van der Waals surface area contributed by atoms with Gasteiger partial charge in [-0.05, 0) is 18.2 Å². The van der Waals surface area contributed by atoms with Gasteiger partial charge in [0, 0.05) is 17.0 Å². The molecule has 14 heavy (non-hydrogen) atoms. The maximum Gasteiger partial charge on any atom is 0.147 e. The monoisotopic (exact) mass is 227 g/mol. The van der Waals surface area contributed by atoms with Crippen LogP contribution in [-0.4, -0.2) is 4.98 Å². The second-order valence-corrected chi connectivity index (χ2v) is 3.55. The van der Waals surface area contributed by atoms with Crippen molar-refractivity contribution in [3.63, 3.8) is 0 Å². The van der Waals surface area contributed by atoms with E-state index in [4.69, 9.17) is 29.0 Å². The number of nitrogens with zero attached hydrogens (tertiary/aromatic N) is 1. The van der Waals surface area contributed by atoms with Crippen molar-refractivity contribution in [1.29, 1.82) is 0 Å². The molecule has 0 aliphatic heterocycles. The highest BCUT2D eigenvalue weighted by Crippen LogP contribution is 2.32. The van der Waals surface area contributed by atoms with E-state index in [0.29, 0.717) is 15.9 Å². The summed E-state index contributed by atoms with van der Waals surface area (Å²) in [6, 6.07) is 5.34. The standard InChI is InChI=1S/C9H7Cl2N3/c10-7-2-1-6-5(8(7)11)3-4-13-9(6)14-12/h1-4H,12H2,(H,13,14). The van der Waals surface area contributed by atoms with E-state index in [1.807, 2.05) is 6.07 Å². The van der Waals surface area contributed by atoms with Crippen LogP contribution in [0, 0.1) is 0 Å². The molecule has 0 spiro atoms. The molecule has 0 aliphatic carbocycles. The third-order valence-corrected chi connectivity index (χ3v) is 2.79. The van der Waals surface area contributed by atoms with E-state index in [9.17, 15) is 0 Å². The Morgan fingerprint density at radius 2 is 1.93 bits per heavy atom. The summed E-state index contributed by atoms with van der Waals surface area (Å²) in [6.07, 6.45) is 1.62. The molecule has 0 bridgehead atoms. The molecule has 72 valence electrons. The van der Waals surface area contributed by atoms with Crippen LogP contribution < -0.4 is 11.3 Å². The molecule has 0 radical (unpaired) electrons. The molecule has 3 nitrogen and oxygen atoms in total. The number of nitrogens with two attached hydrogens (primary N) is 1. The van der Waals surface area contributed by atoms with Gasteiger partial charge < -0.3 is 5.43 Å². The van der Waals surface area contributed by atoms with Crippen LogP contribution in [0.5, 0.6) is 0 Å². The largest absolute Gasteiger partial charge is 0.308 e. The van der Waals surface area contributed by atoms with E-state index in [1.165, 1.54) is 0 Å². The highest BCUT2D eigenvalue weighted by atomic mass is 35.5. The lowest BCUT2D eigenvalue weighted by atomic mass is 10.1. The Kier molecular flexibility index (Phi) is 2.46. The first-order valence-corrected chi connectivity index (χ1v) is 4.69. The number of hydrogen-bond donors (Lipinski definition) is 2. The zero-order valence-corrected chi connectivity index (χ0v) is 8.60. The predicted octanol–water partition coefficient (Wildman–Crippen LogP) is 2.83. The summed E-state index contributed by atoms with van der Waals surface area (Å²) < 4.78 is 0. The molecular weight excluding hydrogens is 221 g/mol. The number of hydrogen-bond acceptors (Lipinski definition) is 3. The van der Waals surface area contributed by atoms with Gasteiger partial charge in [0.05, 0.1) is 10.0 Å². The van der Waals surface area contributed by atoms with Crippen LogP contribution in [0.4, 0.5) is 5.82 Å². The van der Waals surface area contributed by atoms with Gasteiger partial charge in [-0.15, -0.1) is 0 Å². The second-order valence-electron chi connectivity index (χ2n) is 2.76. The van der Waals surface area contributed by atoms with Gasteiger partial charge in [0.25, 0.3) is 0 Å². The lowest BCUT2D eigenvalue weighted by Crippen LogP contribution is -2.08. The molecule has 0 saturated heterocycles. The normalized spacial score (nSPS) is 10.5. The van der Waals surface area contributed by atoms with Crippen molar-refractivity contribution in [2.75, 3.05) is 5.43 Å². The Labute approximate surface area is 90.8 Å². The van der Waals surface area contributed by atoms with Crippen LogP contribution in [0.3, 0.4) is 0 Å². The van der Waals surface area contributed by atoms with Crippen LogP contribution in [0.25, 0.3) is 10.8 Å². The second kappa shape index (κ2) is 3.61. The minimum absolute atomic E-state index is 0.517. The van der Waals surface area contributed by atoms with Gasteiger partial charge in [0.2, 0.25) is 0 Å². The van der Waals surface area contributed by atoms with Crippen LogP contribution in [0.2, 0.25) is 10.0 Å². The highest BCUT2D eigenvalue weighted by molar-refractivity contribution is 6.45. The van der Waals surface area contributed by atoms with Crippen molar-refractivity contribution < 1.29 is 0 Å². The first-order chi connectivity index (χ1) is 6.74. The van der Waals surface area contributed by atoms with Crippen molar-refractivity contribution in [2.24, 2.45) is 5.84 Å². The number of fused-ring (bicyclic) bond motifs is 1. The van der Waals surface area contributed by atoms with E-state index in [0.717, 1.165) is 10.8 Å². The molecule has 1 aromatic heterocycles. The number of pyridine rings is 1. The van der Waals surface area contributed by atoms with Crippen molar-refractivity contribution in [1.82, 2.24) is 4.98 Å². The molecule has 0 saturated carbocycles. The van der Waals surface area contributed by atoms with Gasteiger partial charge in [0.15, 0.2) is 0 Å². The molecule has 0 aliphatic rings. The van der Waals surface area contributed by atoms with Gasteiger partial charge in [-0.1, -0.05) is 23.2 Å². The van der Waals surface area contributed by atoms with Crippen LogP contribution >= 0.6 is 23.2 Å². The summed E-state index contributed by atoms with van der Waals surface area (Å²) in [5.74, 6) is 5.90. The molecule has 1 aromatic carbocycles. The highest BCUT2D eigenvalue weighted by Gasteiger charge is 2.06. The van der Waals surface area contributed by atoms with Crippen molar-refractivity contribution in [3.8, 4) is 0 Å². The third kappa shape index (κ3) is 1.39. The number of rotatable bonds is 1. The van der Waals surface area contributed by atoms with Crippen LogP contribution in [0.15, 0.2) is 24.4 Å². The molecule has 3 N–H and O–H groups in total. The Morgan fingerprint density at radius 3 is 2.64 bits per heavy atom. The van der Waals surface area contributed by atoms with Crippen molar-refractivity contribution in [3.05, 3.63) is 34.4 Å². The maximum absolute atomic E-state index is 6.03. The molecule has 0 fully saturated rings. The number of hydrazine groups is 1. The molecular formula is C9H7Cl2N3. The fraction of sp³-hybridized carbons (Fsp3) is 0. The fourth-order valence-corrected chi connectivity index (χ4v) is 1.70. The molecule has 2 rings (SSSR count). The number of nitrogens with one attached hydrogen (secondary N) is 1. The van der Waals surface area contributed by atoms with Gasteiger partial charge in [-0.3, -0.25) is 0 Å². The average molecular weight is 228 g/mol. The van der Waals surface area contributed by atoms with E-state index in [-0.39, 0.29) is 0 Å². The maximum atomic E-state index is 6.03. The Hall–Kier alpha value is -1.03. The zero-order valence-electron chi connectivity index (χ0n) is 7.09. The average Bonchev–Trinajstić information content (AvgIpc) is 2.23. The van der Waals surface area contributed by atoms with Crippen LogP contribution in [0.1, 0.15) is 0 Å². The smallest absolute Gasteiger partial charge is 0.147 e. The summed E-state index contributed by atoms with van der Waals surface area (Å²) >= 11 is 11.9. The molecule has 0 amide bonds. The first-order valence-electron chi connectivity index (χ1n) is 3.93. The molecule has 5 heteroatoms. The summed E-state index contributed by atoms with van der Waals surface area (Å²) in [5, 5.41) is 2.72. The SMILES string of the molecule is NNc1nccc2c(Cl)c(Cl)ccc12. The number of halogens is 2. The van der Waals surface area contributed by atoms with E-state index in [1.54, 1.807) is 18.3 Å². The third-order valence-electron chi connectivity index (χ3n) is 1.97. The minimum Gasteiger partial charge on any atom is -0.308 e. The summed E-state index contributed by atoms with van der Waals surface area (Å²) in [7, 11) is 0. The Morgan fingerprint density at radius 1 is 1.14 bits per heavy atom. The predicted molar refractivity (Wildman–Crippen MR) is 59.6 cm³/mol. The number of nitrogen functional groups attached to an aromatic ring is 1. The Balaban J connectivity index is 2.86. The lowest BCUT2D eigenvalue weighted by molar-refractivity contribution is 1.25. The molecule has 2 aromatic rings.